The monoisotopic (exact) mass is 355 g/mol. The first-order valence-electron chi connectivity index (χ1n) is 5.57. The van der Waals surface area contributed by atoms with E-state index in [1.54, 1.807) is 24.3 Å². The first-order chi connectivity index (χ1) is 9.08. The highest BCUT2D eigenvalue weighted by molar-refractivity contribution is 9.10. The van der Waals surface area contributed by atoms with Gasteiger partial charge in [0.2, 0.25) is 0 Å². The Bertz CT molecular complexity index is 551. The van der Waals surface area contributed by atoms with Crippen LogP contribution >= 0.6 is 15.9 Å². The SMILES string of the molecule is CC1(c2cccc(Br)c2)COC(F)(C(F)(F)F)C(=O)N1. The van der Waals surface area contributed by atoms with Gasteiger partial charge in [0.05, 0.1) is 12.1 Å². The minimum absolute atomic E-state index is 0.504. The van der Waals surface area contributed by atoms with Crippen molar-refractivity contribution in [3.63, 3.8) is 0 Å². The van der Waals surface area contributed by atoms with Crippen LogP contribution in [0.2, 0.25) is 0 Å². The highest BCUT2D eigenvalue weighted by Crippen LogP contribution is 2.40. The Labute approximate surface area is 120 Å². The third-order valence-corrected chi connectivity index (χ3v) is 3.56. The number of hydrogen-bond acceptors (Lipinski definition) is 2. The lowest BCUT2D eigenvalue weighted by atomic mass is 9.91. The van der Waals surface area contributed by atoms with E-state index < -0.39 is 30.1 Å². The van der Waals surface area contributed by atoms with E-state index in [1.807, 2.05) is 0 Å². The van der Waals surface area contributed by atoms with Crippen molar-refractivity contribution in [1.82, 2.24) is 5.32 Å². The minimum Gasteiger partial charge on any atom is -0.339 e. The summed E-state index contributed by atoms with van der Waals surface area (Å²) < 4.78 is 56.1. The molecule has 1 aromatic carbocycles. The summed E-state index contributed by atoms with van der Waals surface area (Å²) in [5.41, 5.74) is -0.730. The van der Waals surface area contributed by atoms with E-state index >= 15 is 0 Å². The zero-order valence-corrected chi connectivity index (χ0v) is 11.8. The summed E-state index contributed by atoms with van der Waals surface area (Å²) in [4.78, 5) is 11.5. The average molecular weight is 356 g/mol. The van der Waals surface area contributed by atoms with E-state index in [4.69, 9.17) is 0 Å². The number of amides is 1. The zero-order chi connectivity index (χ0) is 15.2. The molecular weight excluding hydrogens is 346 g/mol. The molecule has 1 amide bonds. The molecule has 1 aromatic rings. The van der Waals surface area contributed by atoms with Gasteiger partial charge in [0.1, 0.15) is 0 Å². The van der Waals surface area contributed by atoms with Crippen molar-refractivity contribution >= 4 is 21.8 Å². The fourth-order valence-electron chi connectivity index (χ4n) is 1.87. The van der Waals surface area contributed by atoms with Crippen LogP contribution in [0.25, 0.3) is 0 Å². The zero-order valence-electron chi connectivity index (χ0n) is 10.2. The van der Waals surface area contributed by atoms with Gasteiger partial charge in [0.15, 0.2) is 0 Å². The number of hydrogen-bond donors (Lipinski definition) is 1. The maximum absolute atomic E-state index is 13.6. The number of halogens is 5. The van der Waals surface area contributed by atoms with Crippen LogP contribution < -0.4 is 5.32 Å². The van der Waals surface area contributed by atoms with E-state index in [0.29, 0.717) is 10.0 Å². The number of ether oxygens (including phenoxy) is 1. The molecule has 110 valence electrons. The smallest absolute Gasteiger partial charge is 0.339 e. The average Bonchev–Trinajstić information content (AvgIpc) is 2.33. The van der Waals surface area contributed by atoms with E-state index in [9.17, 15) is 22.4 Å². The van der Waals surface area contributed by atoms with Gasteiger partial charge < -0.3 is 10.1 Å². The Morgan fingerprint density at radius 1 is 1.40 bits per heavy atom. The highest BCUT2D eigenvalue weighted by Gasteiger charge is 2.67. The van der Waals surface area contributed by atoms with Crippen LogP contribution in [0.4, 0.5) is 17.6 Å². The summed E-state index contributed by atoms with van der Waals surface area (Å²) in [5.74, 6) is -6.16. The molecule has 1 heterocycles. The molecule has 1 aliphatic heterocycles. The minimum atomic E-state index is -5.42. The number of nitrogens with one attached hydrogen (secondary N) is 1. The molecule has 2 unspecified atom stereocenters. The molecule has 0 spiro atoms. The Hall–Kier alpha value is -1.15. The second kappa shape index (κ2) is 4.70. The van der Waals surface area contributed by atoms with Crippen molar-refractivity contribution in [2.45, 2.75) is 24.5 Å². The number of carbonyl (C=O) groups is 1. The largest absolute Gasteiger partial charge is 0.458 e. The maximum atomic E-state index is 13.6. The second-order valence-electron chi connectivity index (χ2n) is 4.68. The van der Waals surface area contributed by atoms with Gasteiger partial charge in [-0.1, -0.05) is 28.1 Å². The van der Waals surface area contributed by atoms with Crippen LogP contribution in [0.5, 0.6) is 0 Å². The third kappa shape index (κ3) is 2.42. The normalized spacial score (nSPS) is 31.0. The van der Waals surface area contributed by atoms with Crippen molar-refractivity contribution in [2.75, 3.05) is 6.61 Å². The molecule has 2 rings (SSSR count). The molecule has 0 aliphatic carbocycles. The van der Waals surface area contributed by atoms with Crippen molar-refractivity contribution in [3.05, 3.63) is 34.3 Å². The standard InChI is InChI=1S/C12H10BrF4NO2/c1-10(7-3-2-4-8(13)5-7)6-20-11(14,9(19)18-10)12(15,16)17/h2-5H,6H2,1H3,(H,18,19). The van der Waals surface area contributed by atoms with Gasteiger partial charge in [-0.15, -0.1) is 0 Å². The highest BCUT2D eigenvalue weighted by atomic mass is 79.9. The van der Waals surface area contributed by atoms with Crippen molar-refractivity contribution in [1.29, 1.82) is 0 Å². The lowest BCUT2D eigenvalue weighted by Crippen LogP contribution is -2.66. The lowest BCUT2D eigenvalue weighted by molar-refractivity contribution is -0.327. The Kier molecular flexibility index (Phi) is 3.58. The Morgan fingerprint density at radius 3 is 2.55 bits per heavy atom. The van der Waals surface area contributed by atoms with Gasteiger partial charge in [0, 0.05) is 4.47 Å². The van der Waals surface area contributed by atoms with Gasteiger partial charge in [-0.25, -0.2) is 0 Å². The fraction of sp³-hybridized carbons (Fsp3) is 0.417. The van der Waals surface area contributed by atoms with E-state index in [1.165, 1.54) is 6.92 Å². The quantitative estimate of drug-likeness (QED) is 0.786. The first kappa shape index (κ1) is 15.2. The Morgan fingerprint density at radius 2 is 2.05 bits per heavy atom. The van der Waals surface area contributed by atoms with Gasteiger partial charge in [-0.2, -0.15) is 17.6 Å². The molecule has 1 aliphatic rings. The summed E-state index contributed by atoms with van der Waals surface area (Å²) in [7, 11) is 0. The Balaban J connectivity index is 2.31. The molecule has 0 aromatic heterocycles. The third-order valence-electron chi connectivity index (χ3n) is 3.07. The number of benzene rings is 1. The maximum Gasteiger partial charge on any atom is 0.458 e. The first-order valence-corrected chi connectivity index (χ1v) is 6.36. The van der Waals surface area contributed by atoms with Crippen LogP contribution in [0, 0.1) is 0 Å². The summed E-state index contributed by atoms with van der Waals surface area (Å²) in [6.45, 7) is 0.827. The topological polar surface area (TPSA) is 38.3 Å². The van der Waals surface area contributed by atoms with Gasteiger partial charge in [-0.05, 0) is 24.6 Å². The van der Waals surface area contributed by atoms with E-state index in [-0.39, 0.29) is 0 Å². The van der Waals surface area contributed by atoms with Crippen molar-refractivity contribution in [2.24, 2.45) is 0 Å². The van der Waals surface area contributed by atoms with E-state index in [2.05, 4.69) is 26.0 Å². The molecule has 20 heavy (non-hydrogen) atoms. The molecular formula is C12H10BrF4NO2. The molecule has 1 N–H and O–H groups in total. The molecule has 1 saturated heterocycles. The van der Waals surface area contributed by atoms with Crippen LogP contribution in [-0.4, -0.2) is 24.5 Å². The van der Waals surface area contributed by atoms with Crippen LogP contribution in [-0.2, 0) is 15.1 Å². The predicted octanol–water partition coefficient (Wildman–Crippen LogP) is 3.04. The second-order valence-corrected chi connectivity index (χ2v) is 5.59. The molecule has 0 radical (unpaired) electrons. The van der Waals surface area contributed by atoms with Gasteiger partial charge in [0.25, 0.3) is 5.91 Å². The number of rotatable bonds is 1. The fourth-order valence-corrected chi connectivity index (χ4v) is 2.27. The summed E-state index contributed by atoms with van der Waals surface area (Å²) >= 11 is 3.21. The lowest BCUT2D eigenvalue weighted by Gasteiger charge is -2.41. The van der Waals surface area contributed by atoms with Gasteiger partial charge in [-0.3, -0.25) is 4.79 Å². The molecule has 8 heteroatoms. The molecule has 2 atom stereocenters. The van der Waals surface area contributed by atoms with E-state index in [0.717, 1.165) is 0 Å². The molecule has 3 nitrogen and oxygen atoms in total. The van der Waals surface area contributed by atoms with Crippen molar-refractivity contribution < 1.29 is 27.1 Å². The van der Waals surface area contributed by atoms with Crippen LogP contribution in [0.15, 0.2) is 28.7 Å². The molecule has 0 saturated carbocycles. The molecule has 0 bridgehead atoms. The summed E-state index contributed by atoms with van der Waals surface area (Å²) in [6, 6.07) is 6.58. The summed E-state index contributed by atoms with van der Waals surface area (Å²) in [6.07, 6.45) is -5.42. The predicted molar refractivity (Wildman–Crippen MR) is 65.5 cm³/mol. The molecule has 1 fully saturated rings. The van der Waals surface area contributed by atoms with Gasteiger partial charge >= 0.3 is 12.0 Å². The number of alkyl halides is 4. The van der Waals surface area contributed by atoms with Crippen molar-refractivity contribution in [3.8, 4) is 0 Å². The van der Waals surface area contributed by atoms with Crippen LogP contribution in [0.1, 0.15) is 12.5 Å². The van der Waals surface area contributed by atoms with Crippen LogP contribution in [0.3, 0.4) is 0 Å². The number of carbonyl (C=O) groups excluding carboxylic acids is 1. The summed E-state index contributed by atoms with van der Waals surface area (Å²) in [5, 5.41) is 2.05. The number of morpholine rings is 1.